The molecule has 1 aliphatic carbocycles. The average molecular weight is 429 g/mol. The van der Waals surface area contributed by atoms with Crippen LogP contribution in [0.15, 0.2) is 91.6 Å². The summed E-state index contributed by atoms with van der Waals surface area (Å²) in [5.74, 6) is -0.0779. The van der Waals surface area contributed by atoms with Crippen molar-refractivity contribution in [3.63, 3.8) is 0 Å². The van der Waals surface area contributed by atoms with Crippen molar-refractivity contribution in [2.75, 3.05) is 12.3 Å². The summed E-state index contributed by atoms with van der Waals surface area (Å²) in [6.45, 7) is 2.66. The Kier molecular flexibility index (Phi) is 5.08. The smallest absolute Gasteiger partial charge is 0.232 e. The van der Waals surface area contributed by atoms with Crippen LogP contribution in [0.2, 0.25) is 0 Å². The number of allylic oxidation sites excluding steroid dienone is 3. The highest BCUT2D eigenvalue weighted by atomic mass is 32.2. The molecule has 0 bridgehead atoms. The molecule has 6 heteroatoms. The predicted molar refractivity (Wildman–Crippen MR) is 121 cm³/mol. The Hall–Kier alpha value is -3.38. The second-order valence-corrected chi connectivity index (χ2v) is 8.47. The van der Waals surface area contributed by atoms with Crippen LogP contribution >= 0.6 is 11.8 Å². The average Bonchev–Trinajstić information content (AvgIpc) is 3.57. The minimum atomic E-state index is -0.456. The van der Waals surface area contributed by atoms with Crippen LogP contribution in [0.25, 0.3) is 6.08 Å². The molecule has 1 aliphatic heterocycles. The van der Waals surface area contributed by atoms with Gasteiger partial charge in [0.05, 0.1) is 29.1 Å². The molecule has 5 rings (SSSR count). The molecule has 0 N–H and O–H groups in total. The Morgan fingerprint density at radius 2 is 1.65 bits per heavy atom. The van der Waals surface area contributed by atoms with Crippen LogP contribution in [-0.2, 0) is 0 Å². The molecule has 0 amide bonds. The third-order valence-electron chi connectivity index (χ3n) is 5.46. The number of hydrogen-bond donors (Lipinski definition) is 0. The minimum absolute atomic E-state index is 0.0633. The molecule has 0 saturated heterocycles. The summed E-state index contributed by atoms with van der Waals surface area (Å²) in [6.07, 6.45) is 4.88. The quantitative estimate of drug-likeness (QED) is 0.229. The Labute approximate surface area is 183 Å². The van der Waals surface area contributed by atoms with Crippen molar-refractivity contribution in [2.45, 2.75) is 12.8 Å². The maximum atomic E-state index is 13.6. The molecule has 1 unspecified atom stereocenters. The molecule has 0 spiro atoms. The third-order valence-corrected chi connectivity index (χ3v) is 6.51. The zero-order chi connectivity index (χ0) is 21.4. The Balaban J connectivity index is 1.80. The number of carbonyl (C=O) groups excluding carboxylic acids is 2. The van der Waals surface area contributed by atoms with E-state index in [9.17, 15) is 9.59 Å². The van der Waals surface area contributed by atoms with Crippen molar-refractivity contribution in [1.29, 1.82) is 0 Å². The number of rotatable bonds is 5. The number of furan rings is 2. The SMILES string of the molecule is CC1=Cc2ccccc2C(C2=NCCS2)C1=C(C(=O)c1ccco1)C(=O)c1ccco1. The van der Waals surface area contributed by atoms with Crippen molar-refractivity contribution in [1.82, 2.24) is 0 Å². The van der Waals surface area contributed by atoms with E-state index in [1.54, 1.807) is 36.0 Å². The zero-order valence-electron chi connectivity index (χ0n) is 16.8. The van der Waals surface area contributed by atoms with Crippen molar-refractivity contribution in [3.05, 3.63) is 100 Å². The number of benzene rings is 1. The molecule has 3 aromatic rings. The van der Waals surface area contributed by atoms with E-state index in [-0.39, 0.29) is 23.0 Å². The highest BCUT2D eigenvalue weighted by Gasteiger charge is 2.38. The number of aliphatic imine (C=N–C) groups is 1. The summed E-state index contributed by atoms with van der Waals surface area (Å²) in [7, 11) is 0. The molecular formula is C25H19NO4S. The Morgan fingerprint density at radius 1 is 0.968 bits per heavy atom. The minimum Gasteiger partial charge on any atom is -0.461 e. The highest BCUT2D eigenvalue weighted by Crippen LogP contribution is 2.44. The highest BCUT2D eigenvalue weighted by molar-refractivity contribution is 8.14. The van der Waals surface area contributed by atoms with Gasteiger partial charge in [-0.25, -0.2) is 0 Å². The Bertz CT molecular complexity index is 1200. The van der Waals surface area contributed by atoms with Crippen LogP contribution < -0.4 is 0 Å². The van der Waals surface area contributed by atoms with Crippen LogP contribution in [-0.4, -0.2) is 28.9 Å². The molecule has 1 atom stereocenters. The zero-order valence-corrected chi connectivity index (χ0v) is 17.6. The maximum Gasteiger partial charge on any atom is 0.232 e. The van der Waals surface area contributed by atoms with Crippen LogP contribution in [0.5, 0.6) is 0 Å². The number of hydrogen-bond acceptors (Lipinski definition) is 6. The van der Waals surface area contributed by atoms with E-state index >= 15 is 0 Å². The molecule has 0 saturated carbocycles. The standard InChI is InChI=1S/C25H19NO4S/c1-15-14-16-6-2-3-7-17(16)21(25-26-10-13-31-25)20(15)22(23(27)18-8-4-11-29-18)24(28)19-9-5-12-30-19/h2-9,11-12,14,21H,10,13H2,1H3. The first-order valence-corrected chi connectivity index (χ1v) is 11.0. The number of Topliss-reactive ketones (excluding diaryl/α,β-unsaturated/α-hetero) is 2. The molecule has 31 heavy (non-hydrogen) atoms. The lowest BCUT2D eigenvalue weighted by Crippen LogP contribution is -2.24. The number of fused-ring (bicyclic) bond motifs is 1. The van der Waals surface area contributed by atoms with Crippen molar-refractivity contribution >= 4 is 34.4 Å². The van der Waals surface area contributed by atoms with Crippen LogP contribution in [0, 0.1) is 0 Å². The number of ketones is 2. The van der Waals surface area contributed by atoms with Gasteiger partial charge in [-0.1, -0.05) is 30.3 Å². The van der Waals surface area contributed by atoms with E-state index in [0.717, 1.165) is 34.0 Å². The van der Waals surface area contributed by atoms with E-state index in [0.29, 0.717) is 5.57 Å². The molecule has 2 aliphatic rings. The molecule has 0 fully saturated rings. The molecule has 2 aromatic heterocycles. The summed E-state index contributed by atoms with van der Waals surface area (Å²) in [5.41, 5.74) is 3.68. The van der Waals surface area contributed by atoms with Gasteiger partial charge in [0.25, 0.3) is 0 Å². The van der Waals surface area contributed by atoms with Crippen molar-refractivity contribution < 1.29 is 18.4 Å². The van der Waals surface area contributed by atoms with Gasteiger partial charge in [-0.05, 0) is 53.5 Å². The van der Waals surface area contributed by atoms with Gasteiger partial charge in [0.1, 0.15) is 0 Å². The molecule has 0 radical (unpaired) electrons. The summed E-state index contributed by atoms with van der Waals surface area (Å²) < 4.78 is 10.8. The first kappa shape index (κ1) is 19.6. The van der Waals surface area contributed by atoms with Crippen molar-refractivity contribution in [3.8, 4) is 0 Å². The van der Waals surface area contributed by atoms with Gasteiger partial charge in [-0.2, -0.15) is 0 Å². The summed E-state index contributed by atoms with van der Waals surface area (Å²) in [6, 6.07) is 14.5. The molecule has 1 aromatic carbocycles. The van der Waals surface area contributed by atoms with Crippen LogP contribution in [0.3, 0.4) is 0 Å². The lowest BCUT2D eigenvalue weighted by Gasteiger charge is -2.29. The van der Waals surface area contributed by atoms with Gasteiger partial charge in [0, 0.05) is 12.3 Å². The largest absolute Gasteiger partial charge is 0.461 e. The first-order chi connectivity index (χ1) is 15.1. The second-order valence-electron chi connectivity index (χ2n) is 7.36. The Morgan fingerprint density at radius 3 is 2.23 bits per heavy atom. The number of nitrogens with zero attached hydrogens (tertiary/aromatic N) is 1. The molecule has 3 heterocycles. The van der Waals surface area contributed by atoms with Gasteiger partial charge >= 0.3 is 0 Å². The van der Waals surface area contributed by atoms with Gasteiger partial charge in [-0.15, -0.1) is 11.8 Å². The normalized spacial score (nSPS) is 17.7. The van der Waals surface area contributed by atoms with Gasteiger partial charge in [-0.3, -0.25) is 14.6 Å². The second kappa shape index (κ2) is 8.04. The number of thioether (sulfide) groups is 1. The first-order valence-electron chi connectivity index (χ1n) is 10.0. The lowest BCUT2D eigenvalue weighted by molar-refractivity contribution is 0.0932. The lowest BCUT2D eigenvalue weighted by atomic mass is 9.76. The number of carbonyl (C=O) groups is 2. The monoisotopic (exact) mass is 429 g/mol. The fourth-order valence-electron chi connectivity index (χ4n) is 4.13. The van der Waals surface area contributed by atoms with Crippen LogP contribution in [0.1, 0.15) is 45.1 Å². The van der Waals surface area contributed by atoms with Crippen molar-refractivity contribution in [2.24, 2.45) is 4.99 Å². The predicted octanol–water partition coefficient (Wildman–Crippen LogP) is 5.58. The van der Waals surface area contributed by atoms with E-state index in [4.69, 9.17) is 13.8 Å². The van der Waals surface area contributed by atoms with E-state index in [1.165, 1.54) is 12.5 Å². The van der Waals surface area contributed by atoms with E-state index < -0.39 is 11.6 Å². The summed E-state index contributed by atoms with van der Waals surface area (Å²) in [5, 5.41) is 0.923. The van der Waals surface area contributed by atoms with E-state index in [1.807, 2.05) is 37.3 Å². The summed E-state index contributed by atoms with van der Waals surface area (Å²) >= 11 is 1.67. The topological polar surface area (TPSA) is 72.8 Å². The van der Waals surface area contributed by atoms with Crippen LogP contribution in [0.4, 0.5) is 0 Å². The molecule has 154 valence electrons. The maximum absolute atomic E-state index is 13.6. The third kappa shape index (κ3) is 3.43. The van der Waals surface area contributed by atoms with Gasteiger partial charge < -0.3 is 8.83 Å². The van der Waals surface area contributed by atoms with Gasteiger partial charge in [0.15, 0.2) is 11.5 Å². The summed E-state index contributed by atoms with van der Waals surface area (Å²) in [4.78, 5) is 31.9. The fourth-order valence-corrected chi connectivity index (χ4v) is 5.12. The van der Waals surface area contributed by atoms with E-state index in [2.05, 4.69) is 0 Å². The fraction of sp³-hybridized carbons (Fsp3) is 0.160. The molecule has 5 nitrogen and oxygen atoms in total. The van der Waals surface area contributed by atoms with Gasteiger partial charge in [0.2, 0.25) is 11.6 Å². The molecular weight excluding hydrogens is 410 g/mol.